The van der Waals surface area contributed by atoms with Gasteiger partial charge in [0.05, 0.1) is 27.5 Å². The second kappa shape index (κ2) is 10.4. The molecule has 0 unspecified atom stereocenters. The maximum absolute atomic E-state index is 8.29. The van der Waals surface area contributed by atoms with Gasteiger partial charge in [-0.1, -0.05) is 103 Å². The number of rotatable bonds is 4. The largest absolute Gasteiger partial charge is 0.294 e. The fourth-order valence-electron chi connectivity index (χ4n) is 8.32. The molecule has 49 heavy (non-hydrogen) atoms. The van der Waals surface area contributed by atoms with Crippen molar-refractivity contribution in [3.05, 3.63) is 192 Å². The van der Waals surface area contributed by atoms with Crippen molar-refractivity contribution in [3.8, 4) is 22.6 Å². The van der Waals surface area contributed by atoms with Gasteiger partial charge in [0.15, 0.2) is 11.0 Å². The van der Waals surface area contributed by atoms with Crippen molar-refractivity contribution in [3.63, 3.8) is 0 Å². The summed E-state index contributed by atoms with van der Waals surface area (Å²) in [6.45, 7) is -0.223. The van der Waals surface area contributed by atoms with Crippen LogP contribution < -0.4 is 4.57 Å². The lowest BCUT2D eigenvalue weighted by Gasteiger charge is -2.34. The zero-order valence-electron chi connectivity index (χ0n) is 29.9. The summed E-state index contributed by atoms with van der Waals surface area (Å²) >= 11 is 0. The van der Waals surface area contributed by atoms with Gasteiger partial charge in [-0.25, -0.2) is 9.55 Å². The molecule has 0 aliphatic heterocycles. The van der Waals surface area contributed by atoms with Crippen molar-refractivity contribution >= 4 is 32.8 Å². The van der Waals surface area contributed by atoms with E-state index in [1.54, 1.807) is 6.33 Å². The lowest BCUT2D eigenvalue weighted by Crippen LogP contribution is -2.29. The molecule has 10 rings (SSSR count). The number of benzene rings is 6. The van der Waals surface area contributed by atoms with Crippen molar-refractivity contribution in [1.82, 2.24) is 14.1 Å². The molecule has 0 spiro atoms. The van der Waals surface area contributed by atoms with Crippen LogP contribution in [0.4, 0.5) is 0 Å². The van der Waals surface area contributed by atoms with Gasteiger partial charge in [0.2, 0.25) is 6.33 Å². The van der Waals surface area contributed by atoms with Crippen LogP contribution in [0, 0.1) is 6.92 Å². The van der Waals surface area contributed by atoms with E-state index in [9.17, 15) is 0 Å². The Balaban J connectivity index is 1.30. The summed E-state index contributed by atoms with van der Waals surface area (Å²) in [5.41, 5.74) is 12.1. The van der Waals surface area contributed by atoms with Gasteiger partial charge in [0.25, 0.3) is 0 Å². The fourth-order valence-corrected chi connectivity index (χ4v) is 8.32. The molecule has 0 amide bonds. The van der Waals surface area contributed by atoms with E-state index in [0.29, 0.717) is 5.52 Å². The second-order valence-electron chi connectivity index (χ2n) is 13.0. The van der Waals surface area contributed by atoms with Gasteiger partial charge in [-0.3, -0.25) is 4.57 Å². The van der Waals surface area contributed by atoms with E-state index in [1.165, 1.54) is 37.6 Å². The maximum atomic E-state index is 8.29. The van der Waals surface area contributed by atoms with Gasteiger partial charge in [0, 0.05) is 17.0 Å². The number of pyridine rings is 1. The lowest BCUT2D eigenvalue weighted by molar-refractivity contribution is -0.645. The third-order valence-corrected chi connectivity index (χ3v) is 10.4. The molecule has 0 bridgehead atoms. The number of aryl methyl sites for hydroxylation is 2. The predicted molar refractivity (Wildman–Crippen MR) is 199 cm³/mol. The molecular formula is C45H33N4+. The highest BCUT2D eigenvalue weighted by Crippen LogP contribution is 2.56. The molecule has 9 aromatic rings. The minimum absolute atomic E-state index is 0.655. The average molecular weight is 633 g/mol. The Morgan fingerprint density at radius 1 is 0.612 bits per heavy atom. The van der Waals surface area contributed by atoms with Gasteiger partial charge >= 0.3 is 0 Å². The van der Waals surface area contributed by atoms with Crippen LogP contribution in [0.5, 0.6) is 0 Å². The molecule has 0 atom stereocenters. The van der Waals surface area contributed by atoms with Crippen molar-refractivity contribution < 1.29 is 8.68 Å². The summed E-state index contributed by atoms with van der Waals surface area (Å²) in [6.07, 6.45) is 3.59. The molecule has 0 saturated heterocycles. The van der Waals surface area contributed by atoms with Gasteiger partial charge < -0.3 is 0 Å². The van der Waals surface area contributed by atoms with E-state index < -0.39 is 12.4 Å². The average Bonchev–Trinajstić information content (AvgIpc) is 3.82. The van der Waals surface area contributed by atoms with E-state index >= 15 is 0 Å². The molecule has 6 aromatic carbocycles. The van der Waals surface area contributed by atoms with E-state index in [1.807, 2.05) is 41.1 Å². The molecule has 0 N–H and O–H groups in total. The summed E-state index contributed by atoms with van der Waals surface area (Å²) in [5.74, 6) is 0.883. The molecule has 3 aromatic heterocycles. The number of hydrogen-bond donors (Lipinski definition) is 0. The second-order valence-corrected chi connectivity index (χ2v) is 13.0. The zero-order chi connectivity index (χ0) is 35.2. The molecule has 4 heteroatoms. The van der Waals surface area contributed by atoms with Crippen LogP contribution in [0.2, 0.25) is 0 Å². The van der Waals surface area contributed by atoms with Crippen LogP contribution in [-0.4, -0.2) is 14.1 Å². The number of fused-ring (bicyclic) bond motifs is 7. The molecule has 0 radical (unpaired) electrons. The van der Waals surface area contributed by atoms with E-state index in [0.717, 1.165) is 44.7 Å². The molecule has 232 valence electrons. The third kappa shape index (κ3) is 3.86. The molecular weight excluding hydrogens is 597 g/mol. The van der Waals surface area contributed by atoms with Crippen LogP contribution in [0.15, 0.2) is 164 Å². The highest BCUT2D eigenvalue weighted by atomic mass is 15.1. The number of imidazole rings is 1. The Hall–Kier alpha value is -6.26. The van der Waals surface area contributed by atoms with E-state index in [-0.39, 0.29) is 0 Å². The van der Waals surface area contributed by atoms with Crippen molar-refractivity contribution in [1.29, 1.82) is 0 Å². The fraction of sp³-hybridized carbons (Fsp3) is 0.0667. The van der Waals surface area contributed by atoms with Gasteiger partial charge in [-0.15, -0.1) is 0 Å². The molecule has 1 aliphatic rings. The van der Waals surface area contributed by atoms with Gasteiger partial charge in [-0.2, -0.15) is 4.57 Å². The van der Waals surface area contributed by atoms with Gasteiger partial charge in [0.1, 0.15) is 11.5 Å². The first-order chi connectivity index (χ1) is 25.3. The van der Waals surface area contributed by atoms with E-state index in [2.05, 4.69) is 133 Å². The molecule has 4 nitrogen and oxygen atoms in total. The predicted octanol–water partition coefficient (Wildman–Crippen LogP) is 9.62. The first-order valence-electron chi connectivity index (χ1n) is 18.1. The van der Waals surface area contributed by atoms with Crippen molar-refractivity contribution in [2.24, 2.45) is 6.98 Å². The zero-order valence-corrected chi connectivity index (χ0v) is 26.9. The topological polar surface area (TPSA) is 26.6 Å². The van der Waals surface area contributed by atoms with Crippen LogP contribution in [0.25, 0.3) is 55.5 Å². The smallest absolute Gasteiger partial charge is 0.249 e. The monoisotopic (exact) mass is 632 g/mol. The van der Waals surface area contributed by atoms with Crippen LogP contribution in [-0.2, 0) is 12.4 Å². The molecule has 3 heterocycles. The van der Waals surface area contributed by atoms with E-state index in [4.69, 9.17) is 9.10 Å². The summed E-state index contributed by atoms with van der Waals surface area (Å²) < 4.78 is 30.5. The first-order valence-corrected chi connectivity index (χ1v) is 16.6. The van der Waals surface area contributed by atoms with Crippen molar-refractivity contribution in [2.75, 3.05) is 0 Å². The molecule has 1 aliphatic carbocycles. The maximum Gasteiger partial charge on any atom is 0.249 e. The summed E-state index contributed by atoms with van der Waals surface area (Å²) in [5, 5.41) is 2.34. The summed E-state index contributed by atoms with van der Waals surface area (Å²) in [4.78, 5) is 4.86. The van der Waals surface area contributed by atoms with Gasteiger partial charge in [-0.05, 0) is 94.4 Å². The third-order valence-electron chi connectivity index (χ3n) is 10.4. The number of hydrogen-bond acceptors (Lipinski definition) is 1. The quantitative estimate of drug-likeness (QED) is 0.178. The van der Waals surface area contributed by atoms with Crippen molar-refractivity contribution in [2.45, 2.75) is 12.3 Å². The Morgan fingerprint density at radius 3 is 2.10 bits per heavy atom. The standard InChI is InChI=1S/C45H33N4/c1-30-24-25-46-44(26-30)49-40-19-8-5-16-36(40)37-23-22-32(28-43(37)49)45(38-17-6-3-14-34(38)35-15-4-7-18-39(35)45)31-12-11-13-33(27-31)48-29-47(2)41-20-9-10-21-42(41)48/h3-29H,1-2H3/q+1/i2D3. The van der Waals surface area contributed by atoms with Crippen LogP contribution in [0.3, 0.4) is 0 Å². The Morgan fingerprint density at radius 2 is 1.31 bits per heavy atom. The minimum Gasteiger partial charge on any atom is -0.294 e. The summed E-state index contributed by atoms with van der Waals surface area (Å²) in [7, 11) is 0. The highest BCUT2D eigenvalue weighted by Gasteiger charge is 2.46. The number of para-hydroxylation sites is 3. The Bertz CT molecular complexity index is 2830. The highest BCUT2D eigenvalue weighted by molar-refractivity contribution is 6.09. The minimum atomic E-state index is -2.33. The normalized spacial score (nSPS) is 14.4. The SMILES string of the molecule is [2H]C([2H])([2H])[n+]1cn(-c2cccc(C3(c4ccc5c6ccccc6n(-c6cc(C)ccn6)c5c4)c4ccccc4-c4ccccc43)c2)c2ccccc21. The number of aromatic nitrogens is 4. The molecule has 0 saturated carbocycles. The number of nitrogens with zero attached hydrogens (tertiary/aromatic N) is 4. The summed E-state index contributed by atoms with van der Waals surface area (Å²) in [6, 6.07) is 53.4. The van der Waals surface area contributed by atoms with Crippen LogP contribution >= 0.6 is 0 Å². The Kier molecular flexibility index (Phi) is 5.26. The Labute approximate surface area is 289 Å². The first kappa shape index (κ1) is 24.9. The van der Waals surface area contributed by atoms with Crippen LogP contribution in [0.1, 0.15) is 31.9 Å². The lowest BCUT2D eigenvalue weighted by atomic mass is 9.67. The molecule has 0 fully saturated rings.